The molecule has 0 atom stereocenters. The van der Waals surface area contributed by atoms with Crippen molar-refractivity contribution in [2.75, 3.05) is 0 Å². The quantitative estimate of drug-likeness (QED) is 0.783. The molecule has 0 N–H and O–H groups in total. The third-order valence-electron chi connectivity index (χ3n) is 3.49. The zero-order valence-electron chi connectivity index (χ0n) is 12.0. The van der Waals surface area contributed by atoms with E-state index in [1.807, 2.05) is 38.1 Å². The standard InChI is InChI=1S/C16H19N3O/c1-16(2,12-17)9-5-6-10-19-15(20)14-8-4-3-7-13(14)11-18-19/h3-4,7-8,11H,5-6,9-10H2,1-2H3. The average Bonchev–Trinajstić information content (AvgIpc) is 2.46. The first-order valence-corrected chi connectivity index (χ1v) is 6.90. The van der Waals surface area contributed by atoms with Crippen LogP contribution in [0.25, 0.3) is 10.8 Å². The Labute approximate surface area is 118 Å². The highest BCUT2D eigenvalue weighted by Gasteiger charge is 2.15. The van der Waals surface area contributed by atoms with Crippen molar-refractivity contribution in [1.29, 1.82) is 5.26 Å². The normalized spacial score (nSPS) is 11.4. The van der Waals surface area contributed by atoms with Gasteiger partial charge in [-0.1, -0.05) is 24.6 Å². The number of nitriles is 1. The number of fused-ring (bicyclic) bond motifs is 1. The predicted molar refractivity (Wildman–Crippen MR) is 79.2 cm³/mol. The molecule has 0 unspecified atom stereocenters. The molecule has 0 fully saturated rings. The Morgan fingerprint density at radius 2 is 2.05 bits per heavy atom. The lowest BCUT2D eigenvalue weighted by Crippen LogP contribution is -2.23. The topological polar surface area (TPSA) is 58.7 Å². The number of aryl methyl sites for hydroxylation is 1. The molecule has 0 aliphatic carbocycles. The van der Waals surface area contributed by atoms with E-state index >= 15 is 0 Å². The van der Waals surface area contributed by atoms with Crippen molar-refractivity contribution >= 4 is 10.8 Å². The van der Waals surface area contributed by atoms with Crippen molar-refractivity contribution in [1.82, 2.24) is 9.78 Å². The smallest absolute Gasteiger partial charge is 0.267 e. The Balaban J connectivity index is 2.03. The second kappa shape index (κ2) is 5.87. The molecular weight excluding hydrogens is 250 g/mol. The van der Waals surface area contributed by atoms with Crippen molar-refractivity contribution < 1.29 is 0 Å². The largest absolute Gasteiger partial charge is 0.274 e. The van der Waals surface area contributed by atoms with Gasteiger partial charge in [0.1, 0.15) is 0 Å². The summed E-state index contributed by atoms with van der Waals surface area (Å²) in [6, 6.07) is 9.78. The van der Waals surface area contributed by atoms with Gasteiger partial charge in [-0.3, -0.25) is 4.79 Å². The Hall–Kier alpha value is -2.15. The minimum Gasteiger partial charge on any atom is -0.267 e. The van der Waals surface area contributed by atoms with Crippen LogP contribution in [0.5, 0.6) is 0 Å². The molecule has 0 bridgehead atoms. The van der Waals surface area contributed by atoms with Gasteiger partial charge in [0.2, 0.25) is 0 Å². The fourth-order valence-electron chi connectivity index (χ4n) is 2.17. The molecule has 20 heavy (non-hydrogen) atoms. The third kappa shape index (κ3) is 3.24. The number of benzene rings is 1. The first-order valence-electron chi connectivity index (χ1n) is 6.90. The first-order chi connectivity index (χ1) is 9.53. The highest BCUT2D eigenvalue weighted by Crippen LogP contribution is 2.21. The van der Waals surface area contributed by atoms with Gasteiger partial charge < -0.3 is 0 Å². The molecule has 2 aromatic rings. The van der Waals surface area contributed by atoms with Crippen LogP contribution in [0.2, 0.25) is 0 Å². The lowest BCUT2D eigenvalue weighted by atomic mass is 9.89. The van der Waals surface area contributed by atoms with Gasteiger partial charge in [0.25, 0.3) is 5.56 Å². The van der Waals surface area contributed by atoms with Gasteiger partial charge in [-0.15, -0.1) is 0 Å². The summed E-state index contributed by atoms with van der Waals surface area (Å²) >= 11 is 0. The second-order valence-electron chi connectivity index (χ2n) is 5.71. The first kappa shape index (κ1) is 14.3. The number of rotatable bonds is 5. The molecule has 0 aliphatic heterocycles. The fraction of sp³-hybridized carbons (Fsp3) is 0.438. The lowest BCUT2D eigenvalue weighted by molar-refractivity contribution is 0.409. The molecule has 4 nitrogen and oxygen atoms in total. The van der Waals surface area contributed by atoms with E-state index in [1.54, 1.807) is 6.20 Å². The van der Waals surface area contributed by atoms with Gasteiger partial charge in [0.05, 0.1) is 23.1 Å². The van der Waals surface area contributed by atoms with Crippen LogP contribution < -0.4 is 5.56 Å². The van der Waals surface area contributed by atoms with Crippen LogP contribution >= 0.6 is 0 Å². The zero-order valence-corrected chi connectivity index (χ0v) is 12.0. The van der Waals surface area contributed by atoms with Crippen LogP contribution in [-0.4, -0.2) is 9.78 Å². The van der Waals surface area contributed by atoms with E-state index in [0.29, 0.717) is 11.9 Å². The molecule has 1 heterocycles. The van der Waals surface area contributed by atoms with E-state index in [9.17, 15) is 4.79 Å². The van der Waals surface area contributed by atoms with E-state index in [2.05, 4.69) is 11.2 Å². The molecule has 4 heteroatoms. The molecule has 104 valence electrons. The maximum Gasteiger partial charge on any atom is 0.274 e. The summed E-state index contributed by atoms with van der Waals surface area (Å²) < 4.78 is 1.52. The van der Waals surface area contributed by atoms with E-state index < -0.39 is 0 Å². The molecular formula is C16H19N3O. The Morgan fingerprint density at radius 1 is 1.30 bits per heavy atom. The van der Waals surface area contributed by atoms with Crippen LogP contribution in [0.3, 0.4) is 0 Å². The van der Waals surface area contributed by atoms with Crippen LogP contribution in [0.4, 0.5) is 0 Å². The molecule has 0 spiro atoms. The van der Waals surface area contributed by atoms with Crippen LogP contribution in [-0.2, 0) is 6.54 Å². The van der Waals surface area contributed by atoms with Gasteiger partial charge in [0.15, 0.2) is 0 Å². The molecule has 0 saturated carbocycles. The molecule has 1 aromatic carbocycles. The van der Waals surface area contributed by atoms with Gasteiger partial charge >= 0.3 is 0 Å². The summed E-state index contributed by atoms with van der Waals surface area (Å²) in [7, 11) is 0. The number of aromatic nitrogens is 2. The van der Waals surface area contributed by atoms with Gasteiger partial charge in [-0.25, -0.2) is 4.68 Å². The van der Waals surface area contributed by atoms with Crippen molar-refractivity contribution in [3.05, 3.63) is 40.8 Å². The zero-order chi connectivity index (χ0) is 14.6. The van der Waals surface area contributed by atoms with Crippen LogP contribution in [0.1, 0.15) is 33.1 Å². The van der Waals surface area contributed by atoms with E-state index in [1.165, 1.54) is 4.68 Å². The summed E-state index contributed by atoms with van der Waals surface area (Å²) in [6.45, 7) is 4.48. The van der Waals surface area contributed by atoms with E-state index in [-0.39, 0.29) is 11.0 Å². The fourth-order valence-corrected chi connectivity index (χ4v) is 2.17. The molecule has 0 aliphatic rings. The average molecular weight is 269 g/mol. The lowest BCUT2D eigenvalue weighted by Gasteiger charge is -2.14. The van der Waals surface area contributed by atoms with Crippen molar-refractivity contribution in [2.24, 2.45) is 5.41 Å². The van der Waals surface area contributed by atoms with E-state index in [0.717, 1.165) is 24.6 Å². The Bertz CT molecular complexity index is 695. The van der Waals surface area contributed by atoms with Crippen molar-refractivity contribution in [3.63, 3.8) is 0 Å². The third-order valence-corrected chi connectivity index (χ3v) is 3.49. The van der Waals surface area contributed by atoms with Gasteiger partial charge in [0, 0.05) is 11.9 Å². The van der Waals surface area contributed by atoms with E-state index in [4.69, 9.17) is 5.26 Å². The Morgan fingerprint density at radius 3 is 2.80 bits per heavy atom. The Kier molecular flexibility index (Phi) is 4.19. The second-order valence-corrected chi connectivity index (χ2v) is 5.71. The maximum absolute atomic E-state index is 12.2. The van der Waals surface area contributed by atoms with Crippen molar-refractivity contribution in [2.45, 2.75) is 39.7 Å². The highest BCUT2D eigenvalue weighted by molar-refractivity contribution is 5.80. The minimum atomic E-state index is -0.290. The molecule has 0 radical (unpaired) electrons. The van der Waals surface area contributed by atoms with Crippen LogP contribution in [0.15, 0.2) is 35.3 Å². The maximum atomic E-state index is 12.2. The predicted octanol–water partition coefficient (Wildman–Crippen LogP) is 3.12. The molecule has 0 amide bonds. The summed E-state index contributed by atoms with van der Waals surface area (Å²) in [5.41, 5.74) is -0.329. The number of unbranched alkanes of at least 4 members (excludes halogenated alkanes) is 1. The van der Waals surface area contributed by atoms with Gasteiger partial charge in [-0.2, -0.15) is 10.4 Å². The number of hydrogen-bond acceptors (Lipinski definition) is 3. The number of hydrogen-bond donors (Lipinski definition) is 0. The van der Waals surface area contributed by atoms with Crippen molar-refractivity contribution in [3.8, 4) is 6.07 Å². The summed E-state index contributed by atoms with van der Waals surface area (Å²) in [5, 5.41) is 14.7. The molecule has 1 aromatic heterocycles. The molecule has 2 rings (SSSR count). The molecule has 0 saturated heterocycles. The number of nitrogens with zero attached hydrogens (tertiary/aromatic N) is 3. The monoisotopic (exact) mass is 269 g/mol. The van der Waals surface area contributed by atoms with Crippen LogP contribution in [0, 0.1) is 16.7 Å². The summed E-state index contributed by atoms with van der Waals surface area (Å²) in [6.07, 6.45) is 4.35. The summed E-state index contributed by atoms with van der Waals surface area (Å²) in [5.74, 6) is 0. The van der Waals surface area contributed by atoms with Gasteiger partial charge in [-0.05, 0) is 32.8 Å². The summed E-state index contributed by atoms with van der Waals surface area (Å²) in [4.78, 5) is 12.2. The minimum absolute atomic E-state index is 0.0392. The SMILES string of the molecule is CC(C)(C#N)CCCCn1ncc2ccccc2c1=O. The highest BCUT2D eigenvalue weighted by atomic mass is 16.1.